The third-order valence-corrected chi connectivity index (χ3v) is 4.24. The van der Waals surface area contributed by atoms with Crippen LogP contribution in [0.15, 0.2) is 0 Å². The van der Waals surface area contributed by atoms with Crippen molar-refractivity contribution in [1.82, 2.24) is 9.44 Å². The van der Waals surface area contributed by atoms with E-state index in [1.807, 2.05) is 27.7 Å². The highest BCUT2D eigenvalue weighted by atomic mass is 32.2. The highest BCUT2D eigenvalue weighted by Crippen LogP contribution is 2.18. The molecule has 1 heterocycles. The SMILES string of the molecule is CC(C)C1CCC(C(C)C)NS(=O)(=O)N1. The van der Waals surface area contributed by atoms with Crippen LogP contribution in [-0.2, 0) is 10.2 Å². The number of rotatable bonds is 2. The van der Waals surface area contributed by atoms with Crippen molar-refractivity contribution < 1.29 is 8.42 Å². The lowest BCUT2D eigenvalue weighted by atomic mass is 9.94. The van der Waals surface area contributed by atoms with Crippen molar-refractivity contribution >= 4 is 10.2 Å². The third-order valence-electron chi connectivity index (χ3n) is 3.01. The molecule has 0 aliphatic carbocycles. The lowest BCUT2D eigenvalue weighted by molar-refractivity contribution is 0.382. The summed E-state index contributed by atoms with van der Waals surface area (Å²) >= 11 is 0. The van der Waals surface area contributed by atoms with Crippen molar-refractivity contribution in [2.45, 2.75) is 52.6 Å². The molecule has 0 aromatic carbocycles. The zero-order valence-electron chi connectivity index (χ0n) is 9.95. The van der Waals surface area contributed by atoms with E-state index in [-0.39, 0.29) is 12.1 Å². The highest BCUT2D eigenvalue weighted by Gasteiger charge is 2.29. The van der Waals surface area contributed by atoms with Crippen LogP contribution in [0, 0.1) is 11.8 Å². The minimum atomic E-state index is -3.31. The first-order valence-corrected chi connectivity index (χ1v) is 7.09. The molecule has 1 aliphatic rings. The van der Waals surface area contributed by atoms with Gasteiger partial charge in [-0.1, -0.05) is 27.7 Å². The van der Waals surface area contributed by atoms with Crippen molar-refractivity contribution in [3.63, 3.8) is 0 Å². The smallest absolute Gasteiger partial charge is 0.199 e. The highest BCUT2D eigenvalue weighted by molar-refractivity contribution is 7.87. The Morgan fingerprint density at radius 3 is 1.53 bits per heavy atom. The Labute approximate surface area is 93.0 Å². The Hall–Kier alpha value is -0.130. The summed E-state index contributed by atoms with van der Waals surface area (Å²) in [4.78, 5) is 0. The molecule has 0 saturated carbocycles. The molecule has 0 bridgehead atoms. The van der Waals surface area contributed by atoms with Crippen LogP contribution in [0.2, 0.25) is 0 Å². The second-order valence-corrected chi connectivity index (χ2v) is 6.50. The van der Waals surface area contributed by atoms with Crippen LogP contribution < -0.4 is 9.44 Å². The largest absolute Gasteiger partial charge is 0.277 e. The summed E-state index contributed by atoms with van der Waals surface area (Å²) < 4.78 is 28.8. The maximum Gasteiger partial charge on any atom is 0.277 e. The quantitative estimate of drug-likeness (QED) is 0.755. The molecule has 2 atom stereocenters. The second-order valence-electron chi connectivity index (χ2n) is 5.02. The molecule has 5 heteroatoms. The Morgan fingerprint density at radius 1 is 0.933 bits per heavy atom. The van der Waals surface area contributed by atoms with Gasteiger partial charge in [0, 0.05) is 12.1 Å². The van der Waals surface area contributed by atoms with Gasteiger partial charge in [0.05, 0.1) is 0 Å². The zero-order valence-corrected chi connectivity index (χ0v) is 10.8. The van der Waals surface area contributed by atoms with Crippen molar-refractivity contribution in [3.05, 3.63) is 0 Å². The predicted octanol–water partition coefficient (Wildman–Crippen LogP) is 1.25. The number of hydrogen-bond donors (Lipinski definition) is 2. The topological polar surface area (TPSA) is 58.2 Å². The molecule has 15 heavy (non-hydrogen) atoms. The fourth-order valence-corrected chi connectivity index (χ4v) is 3.49. The van der Waals surface area contributed by atoms with Gasteiger partial charge in [-0.3, -0.25) is 0 Å². The molecular weight excluding hydrogens is 212 g/mol. The Balaban J connectivity index is 2.78. The molecular formula is C10H22N2O2S. The van der Waals surface area contributed by atoms with Gasteiger partial charge in [-0.25, -0.2) is 0 Å². The lowest BCUT2D eigenvalue weighted by Crippen LogP contribution is -2.45. The van der Waals surface area contributed by atoms with E-state index >= 15 is 0 Å². The summed E-state index contributed by atoms with van der Waals surface area (Å²) in [5.74, 6) is 0.681. The molecule has 1 saturated heterocycles. The molecule has 0 spiro atoms. The van der Waals surface area contributed by atoms with E-state index in [1.165, 1.54) is 0 Å². The second kappa shape index (κ2) is 4.80. The van der Waals surface area contributed by atoms with Gasteiger partial charge < -0.3 is 0 Å². The zero-order chi connectivity index (χ0) is 11.6. The Kier molecular flexibility index (Phi) is 4.14. The summed E-state index contributed by atoms with van der Waals surface area (Å²) in [6, 6.07) is 0.123. The summed E-state index contributed by atoms with van der Waals surface area (Å²) in [5, 5.41) is 0. The number of nitrogens with one attached hydrogen (secondary N) is 2. The predicted molar refractivity (Wildman–Crippen MR) is 61.7 cm³/mol. The monoisotopic (exact) mass is 234 g/mol. The Morgan fingerprint density at radius 2 is 1.27 bits per heavy atom. The van der Waals surface area contributed by atoms with E-state index in [4.69, 9.17) is 0 Å². The average molecular weight is 234 g/mol. The molecule has 4 nitrogen and oxygen atoms in total. The van der Waals surface area contributed by atoms with Gasteiger partial charge in [0.2, 0.25) is 0 Å². The van der Waals surface area contributed by atoms with Gasteiger partial charge >= 0.3 is 0 Å². The first-order chi connectivity index (χ1) is 6.82. The molecule has 0 radical (unpaired) electrons. The minimum absolute atomic E-state index is 0.0613. The van der Waals surface area contributed by atoms with Crippen LogP contribution in [-0.4, -0.2) is 20.5 Å². The van der Waals surface area contributed by atoms with Gasteiger partial charge in [0.25, 0.3) is 10.2 Å². The van der Waals surface area contributed by atoms with Gasteiger partial charge in [0.15, 0.2) is 0 Å². The van der Waals surface area contributed by atoms with Crippen LogP contribution in [0.5, 0.6) is 0 Å². The molecule has 2 unspecified atom stereocenters. The van der Waals surface area contributed by atoms with Crippen LogP contribution >= 0.6 is 0 Å². The maximum absolute atomic E-state index is 11.7. The van der Waals surface area contributed by atoms with E-state index in [0.29, 0.717) is 11.8 Å². The first kappa shape index (κ1) is 12.9. The minimum Gasteiger partial charge on any atom is -0.199 e. The van der Waals surface area contributed by atoms with Crippen LogP contribution in [0.25, 0.3) is 0 Å². The van der Waals surface area contributed by atoms with Crippen LogP contribution in [0.1, 0.15) is 40.5 Å². The molecule has 1 fully saturated rings. The van der Waals surface area contributed by atoms with E-state index < -0.39 is 10.2 Å². The normalized spacial score (nSPS) is 31.9. The van der Waals surface area contributed by atoms with Crippen molar-refractivity contribution in [2.75, 3.05) is 0 Å². The van der Waals surface area contributed by atoms with Crippen molar-refractivity contribution in [1.29, 1.82) is 0 Å². The van der Waals surface area contributed by atoms with Crippen molar-refractivity contribution in [3.8, 4) is 0 Å². The van der Waals surface area contributed by atoms with E-state index in [2.05, 4.69) is 9.44 Å². The lowest BCUT2D eigenvalue weighted by Gasteiger charge is -2.18. The van der Waals surface area contributed by atoms with E-state index in [9.17, 15) is 8.42 Å². The van der Waals surface area contributed by atoms with E-state index in [0.717, 1.165) is 12.8 Å². The Bertz CT molecular complexity index is 275. The van der Waals surface area contributed by atoms with Gasteiger partial charge in [-0.05, 0) is 24.7 Å². The summed E-state index contributed by atoms with van der Waals surface area (Å²) in [5.41, 5.74) is 0. The summed E-state index contributed by atoms with van der Waals surface area (Å²) in [6.07, 6.45) is 1.82. The van der Waals surface area contributed by atoms with Crippen LogP contribution in [0.4, 0.5) is 0 Å². The molecule has 2 N–H and O–H groups in total. The summed E-state index contributed by atoms with van der Waals surface area (Å²) in [6.45, 7) is 8.18. The van der Waals surface area contributed by atoms with Gasteiger partial charge in [-0.15, -0.1) is 0 Å². The molecule has 1 aliphatic heterocycles. The molecule has 0 amide bonds. The van der Waals surface area contributed by atoms with Crippen molar-refractivity contribution in [2.24, 2.45) is 11.8 Å². The van der Waals surface area contributed by atoms with Gasteiger partial charge in [0.1, 0.15) is 0 Å². The average Bonchev–Trinajstić information content (AvgIpc) is 2.23. The third kappa shape index (κ3) is 3.74. The number of hydrogen-bond acceptors (Lipinski definition) is 2. The van der Waals surface area contributed by atoms with E-state index in [1.54, 1.807) is 0 Å². The first-order valence-electron chi connectivity index (χ1n) is 5.61. The molecule has 0 aromatic rings. The standard InChI is InChI=1S/C10H22N2O2S/c1-7(2)9-5-6-10(8(3)4)12-15(13,14)11-9/h7-12H,5-6H2,1-4H3. The molecule has 1 rings (SSSR count). The van der Waals surface area contributed by atoms with Gasteiger partial charge in [-0.2, -0.15) is 17.9 Å². The maximum atomic E-state index is 11.7. The molecule has 0 aromatic heterocycles. The fourth-order valence-electron chi connectivity index (χ4n) is 1.85. The summed E-state index contributed by atoms with van der Waals surface area (Å²) in [7, 11) is -3.31. The fraction of sp³-hybridized carbons (Fsp3) is 1.00. The molecule has 90 valence electrons. The van der Waals surface area contributed by atoms with Crippen LogP contribution in [0.3, 0.4) is 0 Å².